The number of pyridine rings is 1. The van der Waals surface area contributed by atoms with Crippen LogP contribution < -0.4 is 20.1 Å². The number of amides is 1. The van der Waals surface area contributed by atoms with Gasteiger partial charge in [0.15, 0.2) is 0 Å². The second-order valence-corrected chi connectivity index (χ2v) is 9.38. The van der Waals surface area contributed by atoms with Crippen LogP contribution in [-0.4, -0.2) is 33.0 Å². The van der Waals surface area contributed by atoms with E-state index in [9.17, 15) is 22.0 Å². The van der Waals surface area contributed by atoms with E-state index < -0.39 is 26.6 Å². The predicted molar refractivity (Wildman–Crippen MR) is 118 cm³/mol. The highest BCUT2D eigenvalue weighted by molar-refractivity contribution is 7.89. The summed E-state index contributed by atoms with van der Waals surface area (Å²) in [6.45, 7) is 1.65. The van der Waals surface area contributed by atoms with Crippen LogP contribution in [0.15, 0.2) is 41.4 Å². The number of rotatable bonds is 5. The molecule has 2 aromatic carbocycles. The normalized spacial score (nSPS) is 15.9. The number of methoxy groups -OCH3 is 1. The Balaban J connectivity index is 1.83. The molecule has 1 aliphatic rings. The summed E-state index contributed by atoms with van der Waals surface area (Å²) in [6, 6.07) is 6.43. The molecule has 1 atom stereocenters. The van der Waals surface area contributed by atoms with Crippen LogP contribution in [0.1, 0.15) is 30.5 Å². The van der Waals surface area contributed by atoms with Crippen molar-refractivity contribution in [3.05, 3.63) is 59.3 Å². The summed E-state index contributed by atoms with van der Waals surface area (Å²) < 4.78 is 57.8. The topological polar surface area (TPSA) is 115 Å². The molecule has 0 bridgehead atoms. The van der Waals surface area contributed by atoms with Crippen LogP contribution in [0.2, 0.25) is 0 Å². The molecular formula is C22H22F2N4O4S. The number of hydrogen-bond donors (Lipinski definition) is 2. The van der Waals surface area contributed by atoms with Crippen LogP contribution >= 0.6 is 0 Å². The smallest absolute Gasteiger partial charge is 0.238 e. The Morgan fingerprint density at radius 2 is 1.97 bits per heavy atom. The Morgan fingerprint density at radius 1 is 1.27 bits per heavy atom. The fourth-order valence-electron chi connectivity index (χ4n) is 4.10. The monoisotopic (exact) mass is 476 g/mol. The largest absolute Gasteiger partial charge is 0.497 e. The summed E-state index contributed by atoms with van der Waals surface area (Å²) in [5.41, 5.74) is 1.73. The lowest BCUT2D eigenvalue weighted by Gasteiger charge is -2.36. The van der Waals surface area contributed by atoms with Crippen molar-refractivity contribution in [1.82, 2.24) is 10.3 Å². The molecule has 3 aromatic rings. The molecule has 0 spiro atoms. The van der Waals surface area contributed by atoms with Crippen molar-refractivity contribution in [3.63, 3.8) is 0 Å². The second-order valence-electron chi connectivity index (χ2n) is 7.82. The van der Waals surface area contributed by atoms with E-state index in [1.807, 2.05) is 0 Å². The number of nitrogens with one attached hydrogen (secondary N) is 1. The maximum absolute atomic E-state index is 14.8. The lowest BCUT2D eigenvalue weighted by atomic mass is 9.94. The molecule has 33 heavy (non-hydrogen) atoms. The summed E-state index contributed by atoms with van der Waals surface area (Å²) in [4.78, 5) is 17.4. The minimum atomic E-state index is -4.25. The van der Waals surface area contributed by atoms with Crippen molar-refractivity contribution < 1.29 is 26.7 Å². The summed E-state index contributed by atoms with van der Waals surface area (Å²) in [5.74, 6) is -1.62. The molecule has 0 radical (unpaired) electrons. The van der Waals surface area contributed by atoms with E-state index >= 15 is 0 Å². The van der Waals surface area contributed by atoms with Gasteiger partial charge in [0.05, 0.1) is 29.3 Å². The Morgan fingerprint density at radius 3 is 2.58 bits per heavy atom. The number of carbonyl (C=O) groups excluding carboxylic acids is 1. The minimum Gasteiger partial charge on any atom is -0.497 e. The summed E-state index contributed by atoms with van der Waals surface area (Å²) in [5, 5.41) is 8.63. The van der Waals surface area contributed by atoms with Crippen molar-refractivity contribution in [2.45, 2.75) is 30.8 Å². The van der Waals surface area contributed by atoms with Gasteiger partial charge >= 0.3 is 0 Å². The lowest BCUT2D eigenvalue weighted by molar-refractivity contribution is -0.119. The number of halogens is 2. The minimum absolute atomic E-state index is 0.159. The van der Waals surface area contributed by atoms with E-state index in [1.165, 1.54) is 14.0 Å². The highest BCUT2D eigenvalue weighted by Gasteiger charge is 2.30. The van der Waals surface area contributed by atoms with Crippen LogP contribution in [-0.2, 0) is 21.4 Å². The fraction of sp³-hybridized carbons (Fsp3) is 0.273. The number of anilines is 1. The van der Waals surface area contributed by atoms with Gasteiger partial charge in [-0.25, -0.2) is 22.3 Å². The maximum atomic E-state index is 14.8. The Hall–Kier alpha value is -3.31. The fourth-order valence-corrected chi connectivity index (χ4v) is 4.64. The van der Waals surface area contributed by atoms with Gasteiger partial charge in [-0.3, -0.25) is 9.78 Å². The first-order chi connectivity index (χ1) is 15.6. The molecule has 1 aromatic heterocycles. The third-order valence-electron chi connectivity index (χ3n) is 5.63. The van der Waals surface area contributed by atoms with Gasteiger partial charge in [0.2, 0.25) is 15.9 Å². The van der Waals surface area contributed by atoms with Crippen LogP contribution in [0.5, 0.6) is 5.75 Å². The highest BCUT2D eigenvalue weighted by Crippen LogP contribution is 2.40. The Labute approximate surface area is 189 Å². The molecule has 174 valence electrons. The summed E-state index contributed by atoms with van der Waals surface area (Å²) >= 11 is 0. The molecule has 1 aliphatic heterocycles. The van der Waals surface area contributed by atoms with Crippen LogP contribution in [0.25, 0.3) is 10.9 Å². The predicted octanol–water partition coefficient (Wildman–Crippen LogP) is 2.76. The number of aromatic nitrogens is 1. The Kier molecular flexibility index (Phi) is 5.93. The van der Waals surface area contributed by atoms with E-state index in [4.69, 9.17) is 9.88 Å². The second kappa shape index (κ2) is 8.56. The molecule has 0 fully saturated rings. The van der Waals surface area contributed by atoms with Gasteiger partial charge in [-0.05, 0) is 30.7 Å². The number of hydrogen-bond acceptors (Lipinski definition) is 6. The number of carbonyl (C=O) groups is 1. The van der Waals surface area contributed by atoms with Gasteiger partial charge < -0.3 is 15.0 Å². The molecule has 4 rings (SSSR count). The molecule has 2 heterocycles. The SMILES string of the molecule is COc1ccc2c3c(cnc2c1)C(NC(C)=O)CCN3Cc1c(F)cc(S(N)(=O)=O)cc1F. The quantitative estimate of drug-likeness (QED) is 0.585. The molecule has 11 heteroatoms. The first-order valence-electron chi connectivity index (χ1n) is 10.1. The van der Waals surface area contributed by atoms with Crippen LogP contribution in [0.4, 0.5) is 14.5 Å². The van der Waals surface area contributed by atoms with Gasteiger partial charge in [-0.2, -0.15) is 0 Å². The zero-order chi connectivity index (χ0) is 23.9. The highest BCUT2D eigenvalue weighted by atomic mass is 32.2. The zero-order valence-electron chi connectivity index (χ0n) is 17.9. The van der Waals surface area contributed by atoms with E-state index in [-0.39, 0.29) is 24.1 Å². The van der Waals surface area contributed by atoms with Crippen LogP contribution in [0, 0.1) is 11.6 Å². The lowest BCUT2D eigenvalue weighted by Crippen LogP contribution is -2.37. The van der Waals surface area contributed by atoms with E-state index in [1.54, 1.807) is 29.3 Å². The number of ether oxygens (including phenoxy) is 1. The molecule has 0 saturated heterocycles. The first kappa shape index (κ1) is 22.9. The van der Waals surface area contributed by atoms with Crippen molar-refractivity contribution in [2.75, 3.05) is 18.6 Å². The molecule has 1 amide bonds. The number of primary sulfonamides is 1. The van der Waals surface area contributed by atoms with Crippen molar-refractivity contribution >= 4 is 32.5 Å². The summed E-state index contributed by atoms with van der Waals surface area (Å²) in [7, 11) is -2.72. The van der Waals surface area contributed by atoms with Gasteiger partial charge in [0.25, 0.3) is 0 Å². The number of sulfonamides is 1. The number of nitrogens with two attached hydrogens (primary N) is 1. The van der Waals surface area contributed by atoms with Crippen molar-refractivity contribution in [3.8, 4) is 5.75 Å². The molecule has 0 aliphatic carbocycles. The first-order valence-corrected chi connectivity index (χ1v) is 11.6. The number of nitrogens with zero attached hydrogens (tertiary/aromatic N) is 2. The van der Waals surface area contributed by atoms with E-state index in [2.05, 4.69) is 10.3 Å². The number of benzene rings is 2. The standard InChI is InChI=1S/C22H22F2N4O4S/c1-12(29)27-20-5-6-28(11-17-18(23)8-14(9-19(17)24)33(25,30)31)22-15-4-3-13(32-2)7-21(15)26-10-16(20)22/h3-4,7-10,20H,5-6,11H2,1-2H3,(H,27,29)(H2,25,30,31). The maximum Gasteiger partial charge on any atom is 0.238 e. The van der Waals surface area contributed by atoms with Crippen molar-refractivity contribution in [2.24, 2.45) is 5.14 Å². The Bertz CT molecular complexity index is 1340. The third kappa shape index (κ3) is 4.46. The molecule has 8 nitrogen and oxygen atoms in total. The number of fused-ring (bicyclic) bond motifs is 3. The van der Waals surface area contributed by atoms with Crippen molar-refractivity contribution in [1.29, 1.82) is 0 Å². The van der Waals surface area contributed by atoms with Gasteiger partial charge in [-0.15, -0.1) is 0 Å². The zero-order valence-corrected chi connectivity index (χ0v) is 18.7. The van der Waals surface area contributed by atoms with Gasteiger partial charge in [0, 0.05) is 48.8 Å². The van der Waals surface area contributed by atoms with Gasteiger partial charge in [0.1, 0.15) is 17.4 Å². The molecular weight excluding hydrogens is 454 g/mol. The van der Waals surface area contributed by atoms with Crippen LogP contribution in [0.3, 0.4) is 0 Å². The van der Waals surface area contributed by atoms with Gasteiger partial charge in [-0.1, -0.05) is 0 Å². The summed E-state index contributed by atoms with van der Waals surface area (Å²) in [6.07, 6.45) is 2.13. The molecule has 3 N–H and O–H groups in total. The third-order valence-corrected chi connectivity index (χ3v) is 6.52. The average Bonchev–Trinajstić information content (AvgIpc) is 2.75. The average molecular weight is 477 g/mol. The molecule has 1 unspecified atom stereocenters. The van der Waals surface area contributed by atoms with E-state index in [0.717, 1.165) is 10.9 Å². The van der Waals surface area contributed by atoms with E-state index in [0.29, 0.717) is 42.1 Å². The molecule has 0 saturated carbocycles.